The van der Waals surface area contributed by atoms with Crippen molar-refractivity contribution in [3.8, 4) is 0 Å². The number of rotatable bonds is 3. The molecule has 29 heavy (non-hydrogen) atoms. The van der Waals surface area contributed by atoms with Gasteiger partial charge in [0.25, 0.3) is 5.91 Å². The molecule has 0 saturated carbocycles. The van der Waals surface area contributed by atoms with Crippen LogP contribution in [0.15, 0.2) is 53.5 Å². The molecule has 0 bridgehead atoms. The zero-order chi connectivity index (χ0) is 20.6. The standard InChI is InChI=1S/C24H27N3O2/c1-24(2,3)19-11-10-16(14-21(19)27-12-6-7-13-27)26-23(29)18-15-25-20-9-5-4-8-17(20)22(18)28/h4-5,8-11,14-15H,6-7,12-13H2,1-3H3,(H,25,28)(H,26,29). The third-order valence-corrected chi connectivity index (χ3v) is 5.54. The second-order valence-corrected chi connectivity index (χ2v) is 8.71. The van der Waals surface area contributed by atoms with Crippen molar-refractivity contribution >= 4 is 28.2 Å². The average Bonchev–Trinajstić information content (AvgIpc) is 3.22. The van der Waals surface area contributed by atoms with E-state index >= 15 is 0 Å². The summed E-state index contributed by atoms with van der Waals surface area (Å²) in [5.41, 5.74) is 3.73. The molecular formula is C24H27N3O2. The van der Waals surface area contributed by atoms with Crippen LogP contribution in [0.1, 0.15) is 49.5 Å². The molecule has 3 aromatic rings. The van der Waals surface area contributed by atoms with E-state index in [1.807, 2.05) is 24.3 Å². The first kappa shape index (κ1) is 19.2. The van der Waals surface area contributed by atoms with Gasteiger partial charge in [0.2, 0.25) is 5.43 Å². The normalized spacial score (nSPS) is 14.4. The predicted octanol–water partition coefficient (Wildman–Crippen LogP) is 4.68. The van der Waals surface area contributed by atoms with Gasteiger partial charge in [0.15, 0.2) is 0 Å². The number of anilines is 2. The maximum Gasteiger partial charge on any atom is 0.261 e. The number of nitrogens with one attached hydrogen (secondary N) is 2. The zero-order valence-electron chi connectivity index (χ0n) is 17.2. The number of para-hydroxylation sites is 1. The molecule has 5 nitrogen and oxygen atoms in total. The fraction of sp³-hybridized carbons (Fsp3) is 0.333. The molecule has 0 unspecified atom stereocenters. The summed E-state index contributed by atoms with van der Waals surface area (Å²) in [7, 11) is 0. The summed E-state index contributed by atoms with van der Waals surface area (Å²) < 4.78 is 0. The number of hydrogen-bond donors (Lipinski definition) is 2. The SMILES string of the molecule is CC(C)(C)c1ccc(NC(=O)c2c[nH]c3ccccc3c2=O)cc1N1CCCC1. The highest BCUT2D eigenvalue weighted by molar-refractivity contribution is 6.05. The van der Waals surface area contributed by atoms with Crippen LogP contribution in [0.25, 0.3) is 10.9 Å². The van der Waals surface area contributed by atoms with Crippen LogP contribution in [-0.2, 0) is 5.41 Å². The highest BCUT2D eigenvalue weighted by atomic mass is 16.2. The monoisotopic (exact) mass is 389 g/mol. The minimum absolute atomic E-state index is 0.00988. The van der Waals surface area contributed by atoms with Gasteiger partial charge in [0.1, 0.15) is 5.56 Å². The largest absolute Gasteiger partial charge is 0.371 e. The first-order valence-corrected chi connectivity index (χ1v) is 10.2. The van der Waals surface area contributed by atoms with E-state index in [1.165, 1.54) is 30.3 Å². The summed E-state index contributed by atoms with van der Waals surface area (Å²) in [6.07, 6.45) is 3.87. The average molecular weight is 389 g/mol. The molecule has 2 heterocycles. The molecule has 1 fully saturated rings. The summed E-state index contributed by atoms with van der Waals surface area (Å²) in [6, 6.07) is 13.3. The summed E-state index contributed by atoms with van der Waals surface area (Å²) in [6.45, 7) is 8.67. The van der Waals surface area contributed by atoms with Gasteiger partial charge < -0.3 is 15.2 Å². The van der Waals surface area contributed by atoms with Crippen LogP contribution >= 0.6 is 0 Å². The van der Waals surface area contributed by atoms with Crippen LogP contribution in [0, 0.1) is 0 Å². The number of nitrogens with zero attached hydrogens (tertiary/aromatic N) is 1. The number of H-pyrrole nitrogens is 1. The molecule has 0 radical (unpaired) electrons. The van der Waals surface area contributed by atoms with E-state index < -0.39 is 5.91 Å². The molecule has 1 aromatic heterocycles. The van der Waals surface area contributed by atoms with Crippen molar-refractivity contribution < 1.29 is 4.79 Å². The molecule has 0 atom stereocenters. The number of hydrogen-bond acceptors (Lipinski definition) is 3. The van der Waals surface area contributed by atoms with E-state index in [9.17, 15) is 9.59 Å². The van der Waals surface area contributed by atoms with Crippen molar-refractivity contribution in [2.45, 2.75) is 39.0 Å². The van der Waals surface area contributed by atoms with Gasteiger partial charge in [-0.3, -0.25) is 9.59 Å². The first-order chi connectivity index (χ1) is 13.8. The number of carbonyl (C=O) groups is 1. The second-order valence-electron chi connectivity index (χ2n) is 8.71. The Kier molecular flexibility index (Phi) is 4.91. The van der Waals surface area contributed by atoms with Gasteiger partial charge in [0.05, 0.1) is 0 Å². The fourth-order valence-corrected chi connectivity index (χ4v) is 4.00. The summed E-state index contributed by atoms with van der Waals surface area (Å²) in [5, 5.41) is 3.44. The van der Waals surface area contributed by atoms with Crippen LogP contribution in [-0.4, -0.2) is 24.0 Å². The van der Waals surface area contributed by atoms with Gasteiger partial charge >= 0.3 is 0 Å². The summed E-state index contributed by atoms with van der Waals surface area (Å²) in [5.74, 6) is -0.395. The maximum absolute atomic E-state index is 12.8. The van der Waals surface area contributed by atoms with E-state index in [0.29, 0.717) is 11.1 Å². The Hall–Kier alpha value is -3.08. The van der Waals surface area contributed by atoms with Gasteiger partial charge in [-0.15, -0.1) is 0 Å². The predicted molar refractivity (Wildman–Crippen MR) is 119 cm³/mol. The van der Waals surface area contributed by atoms with Crippen LogP contribution in [0.5, 0.6) is 0 Å². The number of pyridine rings is 1. The lowest BCUT2D eigenvalue weighted by Gasteiger charge is -2.29. The molecule has 1 amide bonds. The lowest BCUT2D eigenvalue weighted by Crippen LogP contribution is -2.25. The molecule has 1 saturated heterocycles. The molecule has 2 N–H and O–H groups in total. The van der Waals surface area contributed by atoms with Crippen molar-refractivity contribution in [2.24, 2.45) is 0 Å². The zero-order valence-corrected chi connectivity index (χ0v) is 17.2. The van der Waals surface area contributed by atoms with Crippen LogP contribution in [0.3, 0.4) is 0 Å². The molecule has 1 aliphatic rings. The van der Waals surface area contributed by atoms with Gasteiger partial charge in [-0.2, -0.15) is 0 Å². The Bertz CT molecular complexity index is 1120. The highest BCUT2D eigenvalue weighted by Gasteiger charge is 2.24. The molecule has 150 valence electrons. The third-order valence-electron chi connectivity index (χ3n) is 5.54. The lowest BCUT2D eigenvalue weighted by atomic mass is 9.85. The van der Waals surface area contributed by atoms with Crippen molar-refractivity contribution in [3.05, 3.63) is 70.0 Å². The minimum atomic E-state index is -0.395. The van der Waals surface area contributed by atoms with Gasteiger partial charge in [-0.1, -0.05) is 39.0 Å². The van der Waals surface area contributed by atoms with E-state index in [-0.39, 0.29) is 16.4 Å². The Morgan fingerprint density at radius 3 is 2.52 bits per heavy atom. The Morgan fingerprint density at radius 2 is 1.79 bits per heavy atom. The van der Waals surface area contributed by atoms with E-state index in [0.717, 1.165) is 18.6 Å². The smallest absolute Gasteiger partial charge is 0.261 e. The molecule has 0 spiro atoms. The van der Waals surface area contributed by atoms with Crippen LogP contribution in [0.4, 0.5) is 11.4 Å². The van der Waals surface area contributed by atoms with Crippen molar-refractivity contribution in [2.75, 3.05) is 23.3 Å². The molecule has 4 rings (SSSR count). The Balaban J connectivity index is 1.67. The summed E-state index contributed by atoms with van der Waals surface area (Å²) >= 11 is 0. The molecule has 2 aromatic carbocycles. The molecule has 5 heteroatoms. The number of carbonyl (C=O) groups excluding carboxylic acids is 1. The van der Waals surface area contributed by atoms with Crippen molar-refractivity contribution in [1.29, 1.82) is 0 Å². The number of amides is 1. The summed E-state index contributed by atoms with van der Waals surface area (Å²) in [4.78, 5) is 31.0. The Morgan fingerprint density at radius 1 is 1.07 bits per heavy atom. The lowest BCUT2D eigenvalue weighted by molar-refractivity contribution is 0.102. The minimum Gasteiger partial charge on any atom is -0.371 e. The maximum atomic E-state index is 12.8. The van der Waals surface area contributed by atoms with E-state index in [1.54, 1.807) is 12.1 Å². The van der Waals surface area contributed by atoms with E-state index in [2.05, 4.69) is 42.0 Å². The van der Waals surface area contributed by atoms with Crippen LogP contribution in [0.2, 0.25) is 0 Å². The van der Waals surface area contributed by atoms with Crippen molar-refractivity contribution in [3.63, 3.8) is 0 Å². The van der Waals surface area contributed by atoms with Crippen molar-refractivity contribution in [1.82, 2.24) is 4.98 Å². The van der Waals surface area contributed by atoms with E-state index in [4.69, 9.17) is 0 Å². The Labute approximate surface area is 170 Å². The fourth-order valence-electron chi connectivity index (χ4n) is 4.00. The van der Waals surface area contributed by atoms with Gasteiger partial charge in [0, 0.05) is 41.6 Å². The number of fused-ring (bicyclic) bond motifs is 1. The van der Waals surface area contributed by atoms with Crippen LogP contribution < -0.4 is 15.6 Å². The quantitative estimate of drug-likeness (QED) is 0.684. The highest BCUT2D eigenvalue weighted by Crippen LogP contribution is 2.35. The number of aromatic nitrogens is 1. The van der Waals surface area contributed by atoms with Gasteiger partial charge in [-0.25, -0.2) is 0 Å². The van der Waals surface area contributed by atoms with Gasteiger partial charge in [-0.05, 0) is 48.1 Å². The topological polar surface area (TPSA) is 65.2 Å². The first-order valence-electron chi connectivity index (χ1n) is 10.2. The molecule has 1 aliphatic heterocycles. The second kappa shape index (κ2) is 7.39. The number of benzene rings is 2. The molecular weight excluding hydrogens is 362 g/mol. The third kappa shape index (κ3) is 3.77. The number of aromatic amines is 1. The molecule has 0 aliphatic carbocycles.